The highest BCUT2D eigenvalue weighted by atomic mass is 32.1. The Labute approximate surface area is 198 Å². The number of phenols is 1. The summed E-state index contributed by atoms with van der Waals surface area (Å²) < 4.78 is 11.1. The molecule has 5 heteroatoms. The van der Waals surface area contributed by atoms with Gasteiger partial charge in [-0.05, 0) is 41.0 Å². The molecule has 0 amide bonds. The number of aromatic hydroxyl groups is 1. The van der Waals surface area contributed by atoms with E-state index < -0.39 is 6.10 Å². The molecule has 0 saturated carbocycles. The number of phenolic OH excluding ortho intramolecular Hbond substituents is 1. The van der Waals surface area contributed by atoms with E-state index >= 15 is 0 Å². The van der Waals surface area contributed by atoms with Gasteiger partial charge in [-0.1, -0.05) is 85.0 Å². The largest absolute Gasteiger partial charge is 0.507 e. The van der Waals surface area contributed by atoms with Crippen LogP contribution in [-0.4, -0.2) is 34.4 Å². The van der Waals surface area contributed by atoms with Crippen molar-refractivity contribution < 1.29 is 19.7 Å². The number of thiocarbonyl (C=S) groups is 1. The first-order valence-corrected chi connectivity index (χ1v) is 11.0. The SMILES string of the molecule is Oc1cc(OCC(O)COc2ccccc2)ccc1C(=S)c1ccc(-c2ccccc2)cc1. The van der Waals surface area contributed by atoms with Crippen LogP contribution in [0.2, 0.25) is 0 Å². The van der Waals surface area contributed by atoms with Crippen LogP contribution in [0.5, 0.6) is 17.2 Å². The zero-order valence-electron chi connectivity index (χ0n) is 17.9. The van der Waals surface area contributed by atoms with Crippen molar-refractivity contribution in [3.05, 3.63) is 114 Å². The number of hydrogen-bond acceptors (Lipinski definition) is 5. The van der Waals surface area contributed by atoms with Gasteiger partial charge in [0.25, 0.3) is 0 Å². The van der Waals surface area contributed by atoms with Crippen LogP contribution in [-0.2, 0) is 0 Å². The zero-order chi connectivity index (χ0) is 23.0. The normalized spacial score (nSPS) is 11.5. The van der Waals surface area contributed by atoms with Crippen molar-refractivity contribution in [2.45, 2.75) is 6.10 Å². The number of aliphatic hydroxyl groups is 1. The van der Waals surface area contributed by atoms with E-state index in [9.17, 15) is 10.2 Å². The first kappa shape index (κ1) is 22.5. The van der Waals surface area contributed by atoms with Crippen molar-refractivity contribution in [1.82, 2.24) is 0 Å². The van der Waals surface area contributed by atoms with Gasteiger partial charge in [0.2, 0.25) is 0 Å². The summed E-state index contributed by atoms with van der Waals surface area (Å²) in [4.78, 5) is 0.551. The third-order valence-corrected chi connectivity index (χ3v) is 5.55. The lowest BCUT2D eigenvalue weighted by molar-refractivity contribution is 0.0626. The molecule has 1 unspecified atom stereocenters. The second-order valence-electron chi connectivity index (χ2n) is 7.54. The van der Waals surface area contributed by atoms with E-state index in [-0.39, 0.29) is 19.0 Å². The Kier molecular flexibility index (Phi) is 7.35. The van der Waals surface area contributed by atoms with Gasteiger partial charge in [0.15, 0.2) is 0 Å². The van der Waals surface area contributed by atoms with Gasteiger partial charge in [0.1, 0.15) is 36.6 Å². The molecule has 0 spiro atoms. The average Bonchev–Trinajstić information content (AvgIpc) is 2.87. The standard InChI is InChI=1S/C28H24O4S/c29-23(18-31-24-9-5-2-6-10-24)19-32-25-15-16-26(27(30)17-25)28(33)22-13-11-21(12-14-22)20-7-3-1-4-8-20/h1-17,23,29-30H,18-19H2. The second-order valence-corrected chi connectivity index (χ2v) is 7.95. The van der Waals surface area contributed by atoms with Crippen LogP contribution in [0.15, 0.2) is 103 Å². The first-order chi connectivity index (χ1) is 16.1. The Morgan fingerprint density at radius 2 is 1.27 bits per heavy atom. The molecule has 0 radical (unpaired) electrons. The van der Waals surface area contributed by atoms with E-state index in [1.807, 2.05) is 72.8 Å². The Balaban J connectivity index is 1.35. The van der Waals surface area contributed by atoms with E-state index in [0.717, 1.165) is 16.7 Å². The molecule has 0 aliphatic heterocycles. The van der Waals surface area contributed by atoms with Crippen molar-refractivity contribution in [2.24, 2.45) is 0 Å². The highest BCUT2D eigenvalue weighted by molar-refractivity contribution is 7.81. The Morgan fingerprint density at radius 1 is 0.697 bits per heavy atom. The Morgan fingerprint density at radius 3 is 1.91 bits per heavy atom. The van der Waals surface area contributed by atoms with Crippen LogP contribution in [0, 0.1) is 0 Å². The smallest absolute Gasteiger partial charge is 0.127 e. The van der Waals surface area contributed by atoms with Crippen molar-refractivity contribution in [3.8, 4) is 28.4 Å². The Hall–Kier alpha value is -3.67. The van der Waals surface area contributed by atoms with Crippen LogP contribution < -0.4 is 9.47 Å². The van der Waals surface area contributed by atoms with Gasteiger partial charge in [-0.15, -0.1) is 0 Å². The minimum Gasteiger partial charge on any atom is -0.507 e. The molecule has 0 aromatic heterocycles. The van der Waals surface area contributed by atoms with E-state index in [4.69, 9.17) is 21.7 Å². The van der Waals surface area contributed by atoms with Crippen LogP contribution in [0.4, 0.5) is 0 Å². The fraction of sp³-hybridized carbons (Fsp3) is 0.107. The minimum absolute atomic E-state index is 0.0275. The van der Waals surface area contributed by atoms with Gasteiger partial charge in [0, 0.05) is 11.6 Å². The van der Waals surface area contributed by atoms with Gasteiger partial charge >= 0.3 is 0 Å². The number of aliphatic hydroxyl groups excluding tert-OH is 1. The van der Waals surface area contributed by atoms with Crippen molar-refractivity contribution in [1.29, 1.82) is 0 Å². The lowest BCUT2D eigenvalue weighted by Gasteiger charge is -2.14. The predicted molar refractivity (Wildman–Crippen MR) is 134 cm³/mol. The monoisotopic (exact) mass is 456 g/mol. The molecule has 1 atom stereocenters. The molecule has 0 aliphatic rings. The summed E-state index contributed by atoms with van der Waals surface area (Å²) in [5.41, 5.74) is 3.64. The molecule has 4 rings (SSSR count). The molecule has 4 aromatic rings. The van der Waals surface area contributed by atoms with Gasteiger partial charge < -0.3 is 19.7 Å². The summed E-state index contributed by atoms with van der Waals surface area (Å²) in [5, 5.41) is 20.6. The van der Waals surface area contributed by atoms with Crippen molar-refractivity contribution in [3.63, 3.8) is 0 Å². The minimum atomic E-state index is -0.809. The lowest BCUT2D eigenvalue weighted by Crippen LogP contribution is -2.25. The highest BCUT2D eigenvalue weighted by Crippen LogP contribution is 2.28. The van der Waals surface area contributed by atoms with Gasteiger partial charge in [-0.25, -0.2) is 0 Å². The van der Waals surface area contributed by atoms with E-state index in [1.165, 1.54) is 6.07 Å². The first-order valence-electron chi connectivity index (χ1n) is 10.6. The number of rotatable bonds is 9. The molecule has 0 aliphatic carbocycles. The molecule has 166 valence electrons. The maximum Gasteiger partial charge on any atom is 0.127 e. The lowest BCUT2D eigenvalue weighted by atomic mass is 9.99. The summed E-state index contributed by atoms with van der Waals surface area (Å²) in [6.45, 7) is 0.147. The fourth-order valence-electron chi connectivity index (χ4n) is 3.34. The van der Waals surface area contributed by atoms with Crippen LogP contribution in [0.3, 0.4) is 0 Å². The van der Waals surface area contributed by atoms with Crippen LogP contribution in [0.1, 0.15) is 11.1 Å². The van der Waals surface area contributed by atoms with Crippen LogP contribution >= 0.6 is 12.2 Å². The highest BCUT2D eigenvalue weighted by Gasteiger charge is 2.13. The maximum atomic E-state index is 10.5. The summed E-state index contributed by atoms with van der Waals surface area (Å²) in [5.74, 6) is 1.15. The zero-order valence-corrected chi connectivity index (χ0v) is 18.7. The summed E-state index contributed by atoms with van der Waals surface area (Å²) >= 11 is 5.61. The Bertz CT molecular complexity index is 1190. The quantitative estimate of drug-likeness (QED) is 0.252. The van der Waals surface area contributed by atoms with E-state index in [2.05, 4.69) is 12.1 Å². The van der Waals surface area contributed by atoms with E-state index in [0.29, 0.717) is 21.9 Å². The number of para-hydroxylation sites is 1. The van der Waals surface area contributed by atoms with Gasteiger partial charge in [0.05, 0.1) is 4.86 Å². The predicted octanol–water partition coefficient (Wildman–Crippen LogP) is 5.64. The number of ether oxygens (including phenoxy) is 2. The number of hydrogen-bond donors (Lipinski definition) is 2. The number of benzene rings is 4. The molecule has 0 heterocycles. The average molecular weight is 457 g/mol. The molecule has 0 fully saturated rings. The molecule has 2 N–H and O–H groups in total. The molecule has 4 aromatic carbocycles. The summed E-state index contributed by atoms with van der Waals surface area (Å²) in [6, 6.07) is 32.3. The molecule has 0 saturated heterocycles. The maximum absolute atomic E-state index is 10.5. The van der Waals surface area contributed by atoms with Crippen molar-refractivity contribution in [2.75, 3.05) is 13.2 Å². The fourth-order valence-corrected chi connectivity index (χ4v) is 3.65. The molecule has 0 bridgehead atoms. The van der Waals surface area contributed by atoms with Gasteiger partial charge in [-0.3, -0.25) is 0 Å². The topological polar surface area (TPSA) is 58.9 Å². The second kappa shape index (κ2) is 10.8. The van der Waals surface area contributed by atoms with Crippen molar-refractivity contribution >= 4 is 17.1 Å². The summed E-state index contributed by atoms with van der Waals surface area (Å²) in [7, 11) is 0. The molecular weight excluding hydrogens is 432 g/mol. The van der Waals surface area contributed by atoms with E-state index in [1.54, 1.807) is 12.1 Å². The summed E-state index contributed by atoms with van der Waals surface area (Å²) in [6.07, 6.45) is -0.809. The third kappa shape index (κ3) is 5.98. The molecular formula is C28H24O4S. The van der Waals surface area contributed by atoms with Gasteiger partial charge in [-0.2, -0.15) is 0 Å². The molecule has 33 heavy (non-hydrogen) atoms. The van der Waals surface area contributed by atoms with Crippen LogP contribution in [0.25, 0.3) is 11.1 Å². The molecule has 4 nitrogen and oxygen atoms in total. The third-order valence-electron chi connectivity index (χ3n) is 5.10.